The summed E-state index contributed by atoms with van der Waals surface area (Å²) in [6, 6.07) is 11.6. The summed E-state index contributed by atoms with van der Waals surface area (Å²) in [5.74, 6) is 0. The van der Waals surface area contributed by atoms with E-state index in [1.54, 1.807) is 12.4 Å². The fraction of sp³-hybridized carbons (Fsp3) is 0.364. The maximum absolute atomic E-state index is 10.7. The van der Waals surface area contributed by atoms with Gasteiger partial charge in [0.05, 0.1) is 11.4 Å². The summed E-state index contributed by atoms with van der Waals surface area (Å²) in [6.07, 6.45) is 17.5. The molecule has 14 nitrogen and oxygen atoms in total. The molecular weight excluding hydrogens is 1030 g/mol. The number of rotatable bonds is 1. The molecule has 31 heteroatoms. The molecule has 0 saturated heterocycles. The van der Waals surface area contributed by atoms with Gasteiger partial charge in [0.25, 0.3) is 0 Å². The van der Waals surface area contributed by atoms with Crippen molar-refractivity contribution < 1.29 is 125 Å². The van der Waals surface area contributed by atoms with Crippen LogP contribution in [-0.4, -0.2) is 83.9 Å². The van der Waals surface area contributed by atoms with E-state index in [1.807, 2.05) is 36.4 Å². The number of alkyl halides is 12. The van der Waals surface area contributed by atoms with Gasteiger partial charge in [-0.15, -0.1) is 0 Å². The minimum Gasteiger partial charge on any atom is -0.741 e. The van der Waals surface area contributed by atoms with E-state index in [0.29, 0.717) is 0 Å². The van der Waals surface area contributed by atoms with Crippen molar-refractivity contribution in [3.05, 3.63) is 73.1 Å². The molecule has 1 radical (unpaired) electrons. The molecular formula is C22H20F12IrN2O12S4-4. The Morgan fingerprint density at radius 1 is 0.415 bits per heavy atom. The van der Waals surface area contributed by atoms with Gasteiger partial charge in [-0.2, -0.15) is 52.7 Å². The molecule has 2 aromatic rings. The molecule has 0 atom stereocenters. The summed E-state index contributed by atoms with van der Waals surface area (Å²) in [7, 11) is -24.4. The first-order valence-electron chi connectivity index (χ1n) is 12.2. The van der Waals surface area contributed by atoms with Gasteiger partial charge in [-0.05, 0) is 49.9 Å². The van der Waals surface area contributed by atoms with Gasteiger partial charge >= 0.3 is 22.0 Å². The molecule has 0 amide bonds. The average Bonchev–Trinajstić information content (AvgIpc) is 2.91. The van der Waals surface area contributed by atoms with Gasteiger partial charge < -0.3 is 18.2 Å². The zero-order chi connectivity index (χ0) is 41.9. The summed E-state index contributed by atoms with van der Waals surface area (Å²) in [5.41, 5.74) is -20.8. The monoisotopic (exact) mass is 1050 g/mol. The van der Waals surface area contributed by atoms with Crippen LogP contribution in [0.2, 0.25) is 0 Å². The predicted octanol–water partition coefficient (Wildman–Crippen LogP) is 5.02. The molecule has 53 heavy (non-hydrogen) atoms. The second-order valence-corrected chi connectivity index (χ2v) is 13.6. The molecule has 2 aromatic heterocycles. The van der Waals surface area contributed by atoms with Crippen LogP contribution in [0.3, 0.4) is 0 Å². The van der Waals surface area contributed by atoms with Crippen LogP contribution in [0.25, 0.3) is 11.4 Å². The van der Waals surface area contributed by atoms with E-state index in [2.05, 4.69) is 34.3 Å². The Bertz CT molecular complexity index is 1590. The average molecular weight is 1050 g/mol. The van der Waals surface area contributed by atoms with E-state index >= 15 is 0 Å². The van der Waals surface area contributed by atoms with E-state index in [1.165, 1.54) is 25.7 Å². The van der Waals surface area contributed by atoms with Crippen LogP contribution >= 0.6 is 0 Å². The molecule has 0 N–H and O–H groups in total. The third-order valence-electron chi connectivity index (χ3n) is 4.06. The zero-order valence-corrected chi connectivity index (χ0v) is 30.7. The van der Waals surface area contributed by atoms with Gasteiger partial charge in [0.15, 0.2) is 40.5 Å². The van der Waals surface area contributed by atoms with E-state index in [0.717, 1.165) is 11.4 Å². The Morgan fingerprint density at radius 3 is 0.698 bits per heavy atom. The molecule has 0 bridgehead atoms. The Balaban J connectivity index is -0.000000274. The van der Waals surface area contributed by atoms with Gasteiger partial charge in [0, 0.05) is 32.5 Å². The Labute approximate surface area is 306 Å². The first-order valence-corrected chi connectivity index (χ1v) is 17.8. The zero-order valence-electron chi connectivity index (χ0n) is 25.1. The number of halogens is 12. The molecule has 0 spiro atoms. The normalized spacial score (nSPS) is 14.3. The van der Waals surface area contributed by atoms with Crippen molar-refractivity contribution in [2.45, 2.75) is 47.7 Å². The standard InChI is InChI=1S/C10H8N2.C8H12.4CHF3O3S.Ir/c1-3-7-11-9(5-1)10-6-2-4-8-12-10;1-2-4-6-8-7-5-3-1;4*2-1(3,4)8(5,6)7;/h1-8H;1-2,7-8H,3-6H2;4*(H,5,6,7);/p-4/b;2-1-,8-7?;;;;;. The Morgan fingerprint density at radius 2 is 0.585 bits per heavy atom. The Hall–Kier alpha value is -2.77. The quantitative estimate of drug-likeness (QED) is 0.157. The smallest absolute Gasteiger partial charge is 0.485 e. The van der Waals surface area contributed by atoms with Crippen molar-refractivity contribution in [3.63, 3.8) is 0 Å². The fourth-order valence-electron chi connectivity index (χ4n) is 1.88. The second kappa shape index (κ2) is 23.9. The van der Waals surface area contributed by atoms with Crippen LogP contribution in [0.4, 0.5) is 52.7 Å². The van der Waals surface area contributed by atoms with Crippen molar-refractivity contribution in [3.8, 4) is 11.4 Å². The van der Waals surface area contributed by atoms with Crippen molar-refractivity contribution >= 4 is 40.5 Å². The van der Waals surface area contributed by atoms with Gasteiger partial charge in [-0.1, -0.05) is 36.4 Å². The van der Waals surface area contributed by atoms with Crippen LogP contribution < -0.4 is 0 Å². The van der Waals surface area contributed by atoms with E-state index in [9.17, 15) is 52.7 Å². The number of allylic oxidation sites excluding steroid dienone is 4. The summed E-state index contributed by atoms with van der Waals surface area (Å²) in [4.78, 5) is 8.37. The summed E-state index contributed by atoms with van der Waals surface area (Å²) < 4.78 is 236. The second-order valence-electron chi connectivity index (χ2n) is 8.13. The largest absolute Gasteiger partial charge is 0.741 e. The van der Waals surface area contributed by atoms with Gasteiger partial charge in [0.1, 0.15) is 0 Å². The van der Waals surface area contributed by atoms with E-state index < -0.39 is 62.5 Å². The van der Waals surface area contributed by atoms with E-state index in [4.69, 9.17) is 51.9 Å². The summed E-state index contributed by atoms with van der Waals surface area (Å²) in [5, 5.41) is 0. The van der Waals surface area contributed by atoms with E-state index in [-0.39, 0.29) is 20.1 Å². The first kappa shape index (κ1) is 57.0. The number of nitrogens with zero attached hydrogens (tertiary/aromatic N) is 2. The van der Waals surface area contributed by atoms with Gasteiger partial charge in [-0.25, -0.2) is 33.7 Å². The molecule has 3 rings (SSSR count). The third-order valence-corrected chi connectivity index (χ3v) is 6.33. The molecule has 2 heterocycles. The maximum Gasteiger partial charge on any atom is 0.485 e. The first-order chi connectivity index (χ1) is 23.0. The topological polar surface area (TPSA) is 255 Å². The molecule has 0 fully saturated rings. The number of hydrogen-bond donors (Lipinski definition) is 0. The van der Waals surface area contributed by atoms with Crippen molar-refractivity contribution in [1.82, 2.24) is 9.97 Å². The Kier molecular flexibility index (Phi) is 25.7. The van der Waals surface area contributed by atoms with Crippen LogP contribution in [0.5, 0.6) is 0 Å². The summed E-state index contributed by atoms with van der Waals surface area (Å²) >= 11 is 0. The molecule has 1 aliphatic rings. The van der Waals surface area contributed by atoms with Crippen LogP contribution in [0, 0.1) is 0 Å². The fourth-order valence-corrected chi connectivity index (χ4v) is 1.88. The SMILES string of the molecule is C1=CCC/C=C\CC1.O=S(=O)([O-])C(F)(F)F.O=S(=O)([O-])C(F)(F)F.O=S(=O)([O-])C(F)(F)F.O=S(=O)([O-])C(F)(F)F.[Ir].c1ccc(-c2ccccn2)nc1. The molecule has 0 aromatic carbocycles. The summed E-state index contributed by atoms with van der Waals surface area (Å²) in [6.45, 7) is 0. The maximum atomic E-state index is 10.7. The third kappa shape index (κ3) is 29.3. The molecule has 0 saturated carbocycles. The number of pyridine rings is 2. The van der Waals surface area contributed by atoms with Gasteiger partial charge in [-0.3, -0.25) is 9.97 Å². The van der Waals surface area contributed by atoms with Crippen molar-refractivity contribution in [1.29, 1.82) is 0 Å². The predicted molar refractivity (Wildman–Crippen MR) is 147 cm³/mol. The molecule has 1 aliphatic carbocycles. The molecule has 0 unspecified atom stereocenters. The number of hydrogen-bond acceptors (Lipinski definition) is 14. The minimum atomic E-state index is -6.09. The van der Waals surface area contributed by atoms with Crippen LogP contribution in [0.1, 0.15) is 25.7 Å². The van der Waals surface area contributed by atoms with Gasteiger partial charge in [0.2, 0.25) is 0 Å². The van der Waals surface area contributed by atoms with Crippen molar-refractivity contribution in [2.24, 2.45) is 0 Å². The molecule has 311 valence electrons. The van der Waals surface area contributed by atoms with Crippen molar-refractivity contribution in [2.75, 3.05) is 0 Å². The number of aromatic nitrogens is 2. The minimum absolute atomic E-state index is 0. The molecule has 0 aliphatic heterocycles. The van der Waals surface area contributed by atoms with Crippen LogP contribution in [-0.2, 0) is 60.6 Å². The van der Waals surface area contributed by atoms with Crippen LogP contribution in [0.15, 0.2) is 73.1 Å².